The van der Waals surface area contributed by atoms with E-state index in [-0.39, 0.29) is 5.56 Å². The largest absolute Gasteiger partial charge is 0.478 e. The number of aromatic carboxylic acids is 1. The quantitative estimate of drug-likeness (QED) is 0.513. The number of rotatable bonds is 1. The minimum atomic E-state index is -0.990. The van der Waals surface area contributed by atoms with E-state index >= 15 is 0 Å². The highest BCUT2D eigenvalue weighted by atomic mass is 16.4. The zero-order chi connectivity index (χ0) is 13.9. The second-order valence-corrected chi connectivity index (χ2v) is 4.96. The third-order valence-electron chi connectivity index (χ3n) is 3.94. The number of carboxylic acids is 1. The van der Waals surface area contributed by atoms with E-state index in [2.05, 4.69) is 12.1 Å². The van der Waals surface area contributed by atoms with Crippen molar-refractivity contribution in [3.63, 3.8) is 0 Å². The van der Waals surface area contributed by atoms with E-state index in [9.17, 15) is 9.90 Å². The van der Waals surface area contributed by atoms with Gasteiger partial charge in [-0.3, -0.25) is 0 Å². The van der Waals surface area contributed by atoms with Gasteiger partial charge in [0.2, 0.25) is 0 Å². The molecular weight excluding hydrogens is 250 g/mol. The van der Waals surface area contributed by atoms with Crippen LogP contribution in [0.4, 0.5) is 5.69 Å². The van der Waals surface area contributed by atoms with E-state index in [4.69, 9.17) is 5.73 Å². The Morgan fingerprint density at radius 3 is 2.25 bits per heavy atom. The highest BCUT2D eigenvalue weighted by Crippen LogP contribution is 2.49. The molecule has 0 fully saturated rings. The third kappa shape index (κ3) is 1.21. The summed E-state index contributed by atoms with van der Waals surface area (Å²) in [4.78, 5) is 11.4. The van der Waals surface area contributed by atoms with E-state index in [1.807, 2.05) is 30.3 Å². The molecule has 0 saturated heterocycles. The van der Waals surface area contributed by atoms with E-state index < -0.39 is 5.97 Å². The van der Waals surface area contributed by atoms with Gasteiger partial charge < -0.3 is 10.8 Å². The lowest BCUT2D eigenvalue weighted by Gasteiger charge is -2.09. The van der Waals surface area contributed by atoms with Gasteiger partial charge in [0.05, 0.1) is 11.3 Å². The number of carboxylic acid groups (broad SMARTS) is 1. The number of anilines is 1. The Labute approximate surface area is 115 Å². The Hall–Kier alpha value is -2.81. The van der Waals surface area contributed by atoms with Crippen LogP contribution < -0.4 is 5.73 Å². The van der Waals surface area contributed by atoms with Crippen molar-refractivity contribution in [2.45, 2.75) is 0 Å². The van der Waals surface area contributed by atoms with Crippen LogP contribution in [0.1, 0.15) is 10.4 Å². The van der Waals surface area contributed by atoms with Gasteiger partial charge >= 0.3 is 5.97 Å². The molecule has 3 aromatic carbocycles. The van der Waals surface area contributed by atoms with Gasteiger partial charge in [-0.15, -0.1) is 0 Å². The average molecular weight is 261 g/mol. The second-order valence-electron chi connectivity index (χ2n) is 4.96. The van der Waals surface area contributed by atoms with E-state index in [1.165, 1.54) is 0 Å². The minimum absolute atomic E-state index is 0.168. The monoisotopic (exact) mass is 261 g/mol. The molecule has 3 heteroatoms. The maximum Gasteiger partial charge on any atom is 0.337 e. The van der Waals surface area contributed by atoms with Gasteiger partial charge in [0.1, 0.15) is 0 Å². The number of benzene rings is 3. The normalized spacial score (nSPS) is 11.6. The fourth-order valence-corrected chi connectivity index (χ4v) is 3.07. The first kappa shape index (κ1) is 11.1. The molecule has 0 bridgehead atoms. The lowest BCUT2D eigenvalue weighted by molar-refractivity contribution is 0.0698. The molecule has 0 aromatic heterocycles. The van der Waals surface area contributed by atoms with Crippen molar-refractivity contribution in [1.29, 1.82) is 0 Å². The summed E-state index contributed by atoms with van der Waals surface area (Å²) >= 11 is 0. The molecule has 0 atom stereocenters. The first-order valence-electron chi connectivity index (χ1n) is 6.37. The summed E-state index contributed by atoms with van der Waals surface area (Å²) in [5.74, 6) is -0.990. The molecule has 0 heterocycles. The molecule has 20 heavy (non-hydrogen) atoms. The van der Waals surface area contributed by atoms with Gasteiger partial charge in [0.25, 0.3) is 0 Å². The first-order valence-corrected chi connectivity index (χ1v) is 6.37. The number of fused-ring (bicyclic) bond motifs is 3. The van der Waals surface area contributed by atoms with Crippen LogP contribution in [0.25, 0.3) is 33.0 Å². The SMILES string of the molecule is Nc1c(C(=O)O)cc2c3c(cccc13)-c1ccccc1-2. The smallest absolute Gasteiger partial charge is 0.337 e. The molecule has 3 nitrogen and oxygen atoms in total. The van der Waals surface area contributed by atoms with Crippen molar-refractivity contribution in [2.75, 3.05) is 5.73 Å². The summed E-state index contributed by atoms with van der Waals surface area (Å²) in [5, 5.41) is 11.2. The molecule has 0 saturated carbocycles. The van der Waals surface area contributed by atoms with Crippen molar-refractivity contribution in [3.8, 4) is 22.3 Å². The lowest BCUT2D eigenvalue weighted by atomic mass is 9.98. The molecular formula is C17H11NO2. The van der Waals surface area contributed by atoms with Crippen molar-refractivity contribution in [1.82, 2.24) is 0 Å². The Bertz CT molecular complexity index is 897. The van der Waals surface area contributed by atoms with Gasteiger partial charge in [-0.25, -0.2) is 4.79 Å². The molecule has 3 aromatic rings. The zero-order valence-electron chi connectivity index (χ0n) is 10.6. The molecule has 0 radical (unpaired) electrons. The summed E-state index contributed by atoms with van der Waals surface area (Å²) in [7, 11) is 0. The predicted molar refractivity (Wildman–Crippen MR) is 79.7 cm³/mol. The third-order valence-corrected chi connectivity index (χ3v) is 3.94. The topological polar surface area (TPSA) is 63.3 Å². The van der Waals surface area contributed by atoms with Crippen LogP contribution in [0.3, 0.4) is 0 Å². The first-order chi connectivity index (χ1) is 9.68. The van der Waals surface area contributed by atoms with Gasteiger partial charge in [0, 0.05) is 5.39 Å². The number of hydrogen-bond acceptors (Lipinski definition) is 2. The van der Waals surface area contributed by atoms with Crippen LogP contribution in [0.15, 0.2) is 48.5 Å². The Morgan fingerprint density at radius 1 is 0.900 bits per heavy atom. The van der Waals surface area contributed by atoms with Crippen LogP contribution >= 0.6 is 0 Å². The van der Waals surface area contributed by atoms with Crippen molar-refractivity contribution < 1.29 is 9.90 Å². The lowest BCUT2D eigenvalue weighted by Crippen LogP contribution is -2.03. The Balaban J connectivity index is 2.25. The summed E-state index contributed by atoms with van der Waals surface area (Å²) in [6.45, 7) is 0. The molecule has 0 unspecified atom stereocenters. The van der Waals surface area contributed by atoms with Crippen molar-refractivity contribution >= 4 is 22.4 Å². The Morgan fingerprint density at radius 2 is 1.55 bits per heavy atom. The number of hydrogen-bond donors (Lipinski definition) is 2. The Kier molecular flexibility index (Phi) is 1.99. The molecule has 0 spiro atoms. The van der Waals surface area contributed by atoms with Crippen LogP contribution in [-0.2, 0) is 0 Å². The van der Waals surface area contributed by atoms with Crippen LogP contribution in [-0.4, -0.2) is 11.1 Å². The van der Waals surface area contributed by atoms with Crippen molar-refractivity contribution in [2.24, 2.45) is 0 Å². The second kappa shape index (κ2) is 3.61. The van der Waals surface area contributed by atoms with Gasteiger partial charge in [-0.05, 0) is 33.7 Å². The molecule has 1 aliphatic carbocycles. The van der Waals surface area contributed by atoms with Crippen molar-refractivity contribution in [3.05, 3.63) is 54.1 Å². The highest BCUT2D eigenvalue weighted by molar-refractivity contribution is 6.21. The van der Waals surface area contributed by atoms with Gasteiger partial charge in [-0.2, -0.15) is 0 Å². The van der Waals surface area contributed by atoms with Crippen LogP contribution in [0, 0.1) is 0 Å². The highest BCUT2D eigenvalue weighted by Gasteiger charge is 2.24. The fourth-order valence-electron chi connectivity index (χ4n) is 3.07. The fraction of sp³-hybridized carbons (Fsp3) is 0. The molecule has 3 N–H and O–H groups in total. The standard InChI is InChI=1S/C17H11NO2/c18-16-12-7-3-6-11-9-4-1-2-5-10(9)13(15(11)12)8-14(16)17(19)20/h1-8H,18H2,(H,19,20). The van der Waals surface area contributed by atoms with Gasteiger partial charge in [-0.1, -0.05) is 42.5 Å². The molecule has 96 valence electrons. The molecule has 4 rings (SSSR count). The molecule has 0 amide bonds. The van der Waals surface area contributed by atoms with E-state index in [0.717, 1.165) is 33.0 Å². The van der Waals surface area contributed by atoms with E-state index in [1.54, 1.807) is 6.07 Å². The number of carbonyl (C=O) groups is 1. The average Bonchev–Trinajstić information content (AvgIpc) is 2.78. The van der Waals surface area contributed by atoms with Crippen LogP contribution in [0.2, 0.25) is 0 Å². The summed E-state index contributed by atoms with van der Waals surface area (Å²) < 4.78 is 0. The van der Waals surface area contributed by atoms with E-state index in [0.29, 0.717) is 5.69 Å². The number of nitrogens with two attached hydrogens (primary N) is 1. The zero-order valence-corrected chi connectivity index (χ0v) is 10.6. The minimum Gasteiger partial charge on any atom is -0.478 e. The summed E-state index contributed by atoms with van der Waals surface area (Å²) in [5.41, 5.74) is 10.8. The molecule has 1 aliphatic rings. The summed E-state index contributed by atoms with van der Waals surface area (Å²) in [6.07, 6.45) is 0. The summed E-state index contributed by atoms with van der Waals surface area (Å²) in [6, 6.07) is 15.6. The number of nitrogen functional groups attached to an aromatic ring is 1. The maximum atomic E-state index is 11.4. The predicted octanol–water partition coefficient (Wildman–Crippen LogP) is 3.77. The maximum absolute atomic E-state index is 11.4. The van der Waals surface area contributed by atoms with Crippen LogP contribution in [0.5, 0.6) is 0 Å². The molecule has 0 aliphatic heterocycles. The van der Waals surface area contributed by atoms with Gasteiger partial charge in [0.15, 0.2) is 0 Å².